The number of fused-ring (bicyclic) bond motifs is 1. The van der Waals surface area contributed by atoms with Gasteiger partial charge in [-0.1, -0.05) is 12.1 Å². The smallest absolute Gasteiger partial charge is 0.274 e. The number of rotatable bonds is 7. The van der Waals surface area contributed by atoms with Crippen molar-refractivity contribution in [1.29, 1.82) is 0 Å². The van der Waals surface area contributed by atoms with Gasteiger partial charge in [-0.15, -0.1) is 4.52 Å². The third kappa shape index (κ3) is 3.11. The first-order valence-corrected chi connectivity index (χ1v) is 8.04. The summed E-state index contributed by atoms with van der Waals surface area (Å²) in [5.41, 5.74) is 0.941. The zero-order valence-corrected chi connectivity index (χ0v) is 12.3. The van der Waals surface area contributed by atoms with E-state index in [1.54, 1.807) is 31.2 Å². The van der Waals surface area contributed by atoms with Gasteiger partial charge < -0.3 is 0 Å². The van der Waals surface area contributed by atoms with Crippen LogP contribution in [-0.2, 0) is 9.09 Å². The standard InChI is InChI=1S/C14H17NO4P/c1-2-19-20(18)10-6-5-9-15-13(16)11-7-3-4-8-12(11)14(15)17/h3-4,7-8H,2,5-6,9-10H2,1H3/q+1. The maximum absolute atomic E-state index is 12.1. The average Bonchev–Trinajstić information content (AvgIpc) is 2.69. The highest BCUT2D eigenvalue weighted by Gasteiger charge is 2.34. The summed E-state index contributed by atoms with van der Waals surface area (Å²) in [4.78, 5) is 25.4. The SMILES string of the molecule is CCO[P+](=O)CCCCN1C(=O)c2ccccc2C1=O. The quantitative estimate of drug-likeness (QED) is 0.440. The molecule has 0 aliphatic carbocycles. The largest absolute Gasteiger partial charge is 0.508 e. The van der Waals surface area contributed by atoms with E-state index in [-0.39, 0.29) is 11.8 Å². The van der Waals surface area contributed by atoms with Crippen molar-refractivity contribution in [2.75, 3.05) is 19.3 Å². The zero-order valence-electron chi connectivity index (χ0n) is 11.4. The first-order valence-electron chi connectivity index (χ1n) is 6.68. The van der Waals surface area contributed by atoms with Crippen LogP contribution < -0.4 is 0 Å². The fourth-order valence-electron chi connectivity index (χ4n) is 2.16. The fourth-order valence-corrected chi connectivity index (χ4v) is 3.06. The summed E-state index contributed by atoms with van der Waals surface area (Å²) in [6, 6.07) is 6.84. The number of benzene rings is 1. The maximum Gasteiger partial charge on any atom is 0.508 e. The summed E-state index contributed by atoms with van der Waals surface area (Å²) < 4.78 is 16.3. The Bertz CT molecular complexity index is 509. The molecule has 1 aromatic rings. The maximum atomic E-state index is 12.1. The van der Waals surface area contributed by atoms with Gasteiger partial charge in [0.15, 0.2) is 6.16 Å². The number of amides is 2. The number of unbranched alkanes of at least 4 members (excludes halogenated alkanes) is 1. The van der Waals surface area contributed by atoms with Crippen LogP contribution in [-0.4, -0.2) is 36.0 Å². The summed E-state index contributed by atoms with van der Waals surface area (Å²) in [6.45, 7) is 2.60. The van der Waals surface area contributed by atoms with Crippen LogP contribution in [0.5, 0.6) is 0 Å². The van der Waals surface area contributed by atoms with Crippen molar-refractivity contribution >= 4 is 19.8 Å². The number of hydrogen-bond acceptors (Lipinski definition) is 4. The van der Waals surface area contributed by atoms with Crippen molar-refractivity contribution in [3.8, 4) is 0 Å². The van der Waals surface area contributed by atoms with E-state index in [1.807, 2.05) is 0 Å². The van der Waals surface area contributed by atoms with Gasteiger partial charge >= 0.3 is 8.03 Å². The molecule has 0 spiro atoms. The predicted octanol–water partition coefficient (Wildman–Crippen LogP) is 2.84. The Morgan fingerprint density at radius 1 is 1.10 bits per heavy atom. The molecule has 1 atom stereocenters. The number of imide groups is 1. The minimum absolute atomic E-state index is 0.236. The summed E-state index contributed by atoms with van der Waals surface area (Å²) >= 11 is 0. The van der Waals surface area contributed by atoms with Gasteiger partial charge in [0, 0.05) is 6.54 Å². The van der Waals surface area contributed by atoms with Crippen LogP contribution >= 0.6 is 8.03 Å². The topological polar surface area (TPSA) is 63.7 Å². The summed E-state index contributed by atoms with van der Waals surface area (Å²) in [5, 5.41) is 0. The Morgan fingerprint density at radius 2 is 1.70 bits per heavy atom. The van der Waals surface area contributed by atoms with Crippen LogP contribution in [0, 0.1) is 0 Å². The molecule has 2 amide bonds. The van der Waals surface area contributed by atoms with Gasteiger partial charge in [0.1, 0.15) is 0 Å². The third-order valence-electron chi connectivity index (χ3n) is 3.12. The van der Waals surface area contributed by atoms with Crippen molar-refractivity contribution in [2.45, 2.75) is 19.8 Å². The molecule has 0 radical (unpaired) electrons. The molecule has 0 fully saturated rings. The fraction of sp³-hybridized carbons (Fsp3) is 0.429. The van der Waals surface area contributed by atoms with Crippen LogP contribution in [0.4, 0.5) is 0 Å². The van der Waals surface area contributed by atoms with Gasteiger partial charge in [0.25, 0.3) is 11.8 Å². The molecular weight excluding hydrogens is 277 g/mol. The molecule has 5 nitrogen and oxygen atoms in total. The van der Waals surface area contributed by atoms with E-state index in [9.17, 15) is 14.2 Å². The first-order chi connectivity index (χ1) is 9.65. The normalized spacial score (nSPS) is 14.7. The second-order valence-electron chi connectivity index (χ2n) is 4.49. The van der Waals surface area contributed by atoms with E-state index in [1.165, 1.54) is 4.90 Å². The zero-order chi connectivity index (χ0) is 14.5. The lowest BCUT2D eigenvalue weighted by Crippen LogP contribution is -2.30. The minimum atomic E-state index is -1.61. The Hall–Kier alpha value is -1.58. The molecule has 1 aliphatic rings. The highest BCUT2D eigenvalue weighted by atomic mass is 31.1. The Kier molecular flexibility index (Phi) is 4.99. The summed E-state index contributed by atoms with van der Waals surface area (Å²) in [6.07, 6.45) is 1.77. The van der Waals surface area contributed by atoms with E-state index in [4.69, 9.17) is 4.52 Å². The molecule has 1 heterocycles. The average molecular weight is 294 g/mol. The van der Waals surface area contributed by atoms with Crippen molar-refractivity contribution in [2.24, 2.45) is 0 Å². The van der Waals surface area contributed by atoms with E-state index in [0.717, 1.165) is 0 Å². The van der Waals surface area contributed by atoms with Crippen LogP contribution in [0.25, 0.3) is 0 Å². The van der Waals surface area contributed by atoms with Crippen LogP contribution in [0.1, 0.15) is 40.5 Å². The number of carbonyl (C=O) groups is 2. The Morgan fingerprint density at radius 3 is 2.25 bits per heavy atom. The first kappa shape index (κ1) is 14.8. The van der Waals surface area contributed by atoms with E-state index >= 15 is 0 Å². The Balaban J connectivity index is 1.85. The molecule has 2 rings (SSSR count). The van der Waals surface area contributed by atoms with Crippen molar-refractivity contribution in [3.05, 3.63) is 35.4 Å². The molecule has 0 saturated heterocycles. The minimum Gasteiger partial charge on any atom is -0.274 e. The number of nitrogens with zero attached hydrogens (tertiary/aromatic N) is 1. The molecule has 1 unspecified atom stereocenters. The number of carbonyl (C=O) groups excluding carboxylic acids is 2. The predicted molar refractivity (Wildman–Crippen MR) is 75.1 cm³/mol. The van der Waals surface area contributed by atoms with E-state index in [0.29, 0.717) is 43.3 Å². The van der Waals surface area contributed by atoms with Crippen molar-refractivity contribution in [1.82, 2.24) is 4.90 Å². The molecule has 6 heteroatoms. The molecular formula is C14H17NO4P+. The molecule has 1 aliphatic heterocycles. The molecule has 0 saturated carbocycles. The van der Waals surface area contributed by atoms with E-state index < -0.39 is 8.03 Å². The van der Waals surface area contributed by atoms with Gasteiger partial charge in [0.05, 0.1) is 17.7 Å². The van der Waals surface area contributed by atoms with Gasteiger partial charge in [-0.05, 0) is 36.5 Å². The monoisotopic (exact) mass is 294 g/mol. The van der Waals surface area contributed by atoms with Crippen molar-refractivity contribution in [3.63, 3.8) is 0 Å². The van der Waals surface area contributed by atoms with Crippen molar-refractivity contribution < 1.29 is 18.7 Å². The van der Waals surface area contributed by atoms with Crippen LogP contribution in [0.15, 0.2) is 24.3 Å². The molecule has 0 N–H and O–H groups in total. The van der Waals surface area contributed by atoms with Crippen LogP contribution in [0.3, 0.4) is 0 Å². The van der Waals surface area contributed by atoms with Gasteiger partial charge in [0.2, 0.25) is 0 Å². The second kappa shape index (κ2) is 6.73. The molecule has 0 aromatic heterocycles. The lowest BCUT2D eigenvalue weighted by atomic mass is 10.1. The van der Waals surface area contributed by atoms with E-state index in [2.05, 4.69) is 0 Å². The lowest BCUT2D eigenvalue weighted by Gasteiger charge is -2.12. The highest BCUT2D eigenvalue weighted by molar-refractivity contribution is 7.39. The third-order valence-corrected chi connectivity index (χ3v) is 4.35. The van der Waals surface area contributed by atoms with Gasteiger partial charge in [-0.3, -0.25) is 14.5 Å². The molecule has 106 valence electrons. The highest BCUT2D eigenvalue weighted by Crippen LogP contribution is 2.25. The van der Waals surface area contributed by atoms with Gasteiger partial charge in [-0.2, -0.15) is 0 Å². The molecule has 0 bridgehead atoms. The van der Waals surface area contributed by atoms with Gasteiger partial charge in [-0.25, -0.2) is 0 Å². The lowest BCUT2D eigenvalue weighted by molar-refractivity contribution is 0.0652. The summed E-state index contributed by atoms with van der Waals surface area (Å²) in [7, 11) is -1.61. The van der Waals surface area contributed by atoms with Crippen LogP contribution in [0.2, 0.25) is 0 Å². The molecule has 20 heavy (non-hydrogen) atoms. The second-order valence-corrected chi connectivity index (χ2v) is 5.86. The molecule has 1 aromatic carbocycles. The summed E-state index contributed by atoms with van der Waals surface area (Å²) in [5.74, 6) is -0.473. The Labute approximate surface area is 118 Å². The number of hydrogen-bond donors (Lipinski definition) is 0.